The number of carbonyl (C=O) groups is 1. The van der Waals surface area contributed by atoms with E-state index in [1.54, 1.807) is 33.5 Å². The van der Waals surface area contributed by atoms with Gasteiger partial charge in [0.05, 0.1) is 4.90 Å². The van der Waals surface area contributed by atoms with Crippen molar-refractivity contribution in [1.29, 1.82) is 0 Å². The zero-order valence-electron chi connectivity index (χ0n) is 13.6. The molecule has 0 spiro atoms. The van der Waals surface area contributed by atoms with E-state index < -0.39 is 10.0 Å². The van der Waals surface area contributed by atoms with Crippen molar-refractivity contribution in [2.45, 2.75) is 36.6 Å². The average Bonchev–Trinajstić information content (AvgIpc) is 3.26. The fraction of sp³-hybridized carbons (Fsp3) is 0.588. The SMILES string of the molecule is NC1CCC2CN(S(=O)(=O)c3ccc(N4CCCC4=O)cc3)CC12. The van der Waals surface area contributed by atoms with Crippen LogP contribution in [0.15, 0.2) is 29.2 Å². The molecule has 6 nitrogen and oxygen atoms in total. The highest BCUT2D eigenvalue weighted by molar-refractivity contribution is 7.89. The molecule has 130 valence electrons. The molecule has 4 rings (SSSR count). The van der Waals surface area contributed by atoms with Crippen molar-refractivity contribution in [3.63, 3.8) is 0 Å². The van der Waals surface area contributed by atoms with Crippen LogP contribution in [0.2, 0.25) is 0 Å². The normalized spacial score (nSPS) is 31.0. The van der Waals surface area contributed by atoms with Crippen molar-refractivity contribution in [1.82, 2.24) is 4.31 Å². The molecule has 3 fully saturated rings. The highest BCUT2D eigenvalue weighted by Gasteiger charge is 2.45. The van der Waals surface area contributed by atoms with Crippen LogP contribution in [0.4, 0.5) is 5.69 Å². The molecule has 3 atom stereocenters. The molecule has 7 heteroatoms. The van der Waals surface area contributed by atoms with Crippen molar-refractivity contribution < 1.29 is 13.2 Å². The van der Waals surface area contributed by atoms with Crippen LogP contribution in [0.25, 0.3) is 0 Å². The van der Waals surface area contributed by atoms with Crippen molar-refractivity contribution in [3.05, 3.63) is 24.3 Å². The number of nitrogens with zero attached hydrogens (tertiary/aromatic N) is 2. The number of anilines is 1. The van der Waals surface area contributed by atoms with Gasteiger partial charge in [0.15, 0.2) is 0 Å². The Labute approximate surface area is 142 Å². The lowest BCUT2D eigenvalue weighted by Gasteiger charge is -2.20. The minimum Gasteiger partial charge on any atom is -0.327 e. The first kappa shape index (κ1) is 16.1. The first-order valence-electron chi connectivity index (χ1n) is 8.63. The Morgan fingerprint density at radius 3 is 2.46 bits per heavy atom. The topological polar surface area (TPSA) is 83.7 Å². The number of amides is 1. The van der Waals surface area contributed by atoms with Crippen molar-refractivity contribution in [3.8, 4) is 0 Å². The maximum Gasteiger partial charge on any atom is 0.243 e. The first-order valence-corrected chi connectivity index (χ1v) is 10.1. The smallest absolute Gasteiger partial charge is 0.243 e. The van der Waals surface area contributed by atoms with Gasteiger partial charge < -0.3 is 10.6 Å². The van der Waals surface area contributed by atoms with E-state index in [0.29, 0.717) is 42.8 Å². The Balaban J connectivity index is 1.53. The second-order valence-corrected chi connectivity index (χ2v) is 9.07. The molecule has 1 aromatic rings. The van der Waals surface area contributed by atoms with Crippen LogP contribution in [-0.2, 0) is 14.8 Å². The van der Waals surface area contributed by atoms with Crippen LogP contribution in [0.3, 0.4) is 0 Å². The summed E-state index contributed by atoms with van der Waals surface area (Å²) in [5, 5.41) is 0. The van der Waals surface area contributed by atoms with Crippen molar-refractivity contribution >= 4 is 21.6 Å². The third-order valence-corrected chi connectivity index (χ3v) is 7.58. The Bertz CT molecular complexity index is 747. The largest absolute Gasteiger partial charge is 0.327 e. The van der Waals surface area contributed by atoms with Gasteiger partial charge in [-0.25, -0.2) is 8.42 Å². The van der Waals surface area contributed by atoms with Crippen LogP contribution < -0.4 is 10.6 Å². The van der Waals surface area contributed by atoms with Crippen molar-refractivity contribution in [2.75, 3.05) is 24.5 Å². The fourth-order valence-corrected chi connectivity index (χ4v) is 5.87. The minimum atomic E-state index is -3.48. The summed E-state index contributed by atoms with van der Waals surface area (Å²) < 4.78 is 27.3. The van der Waals surface area contributed by atoms with Gasteiger partial charge in [0, 0.05) is 37.8 Å². The van der Waals surface area contributed by atoms with Gasteiger partial charge in [-0.1, -0.05) is 0 Å². The minimum absolute atomic E-state index is 0.104. The van der Waals surface area contributed by atoms with Crippen molar-refractivity contribution in [2.24, 2.45) is 17.6 Å². The van der Waals surface area contributed by atoms with Crippen LogP contribution in [0, 0.1) is 11.8 Å². The van der Waals surface area contributed by atoms with Crippen LogP contribution in [-0.4, -0.2) is 44.3 Å². The summed E-state index contributed by atoms with van der Waals surface area (Å²) in [5.74, 6) is 0.796. The summed E-state index contributed by atoms with van der Waals surface area (Å²) in [6.07, 6.45) is 3.45. The zero-order valence-corrected chi connectivity index (χ0v) is 14.4. The standard InChI is InChI=1S/C17H23N3O3S/c18-16-8-3-12-10-19(11-15(12)16)24(22,23)14-6-4-13(5-7-14)20-9-1-2-17(20)21/h4-7,12,15-16H,1-3,8-11,18H2. The average molecular weight is 349 g/mol. The zero-order chi connectivity index (χ0) is 16.9. The Hall–Kier alpha value is -1.44. The van der Waals surface area contributed by atoms with Gasteiger partial charge in [0.25, 0.3) is 0 Å². The summed E-state index contributed by atoms with van der Waals surface area (Å²) in [7, 11) is -3.48. The lowest BCUT2D eigenvalue weighted by atomic mass is 9.98. The highest BCUT2D eigenvalue weighted by atomic mass is 32.2. The number of nitrogens with two attached hydrogens (primary N) is 1. The van der Waals surface area contributed by atoms with E-state index in [-0.39, 0.29) is 11.9 Å². The van der Waals surface area contributed by atoms with E-state index in [4.69, 9.17) is 5.73 Å². The lowest BCUT2D eigenvalue weighted by Crippen LogP contribution is -2.33. The van der Waals surface area contributed by atoms with E-state index in [9.17, 15) is 13.2 Å². The molecule has 1 aliphatic carbocycles. The molecular formula is C17H23N3O3S. The molecule has 3 aliphatic rings. The van der Waals surface area contributed by atoms with E-state index in [1.165, 1.54) is 0 Å². The van der Waals surface area contributed by atoms with Gasteiger partial charge in [-0.15, -0.1) is 0 Å². The lowest BCUT2D eigenvalue weighted by molar-refractivity contribution is -0.117. The predicted octanol–water partition coefficient (Wildman–Crippen LogP) is 1.17. The van der Waals surface area contributed by atoms with E-state index in [2.05, 4.69) is 0 Å². The molecule has 0 radical (unpaired) electrons. The molecule has 1 saturated carbocycles. The van der Waals surface area contributed by atoms with E-state index in [0.717, 1.165) is 24.9 Å². The molecule has 2 aliphatic heterocycles. The van der Waals surface area contributed by atoms with E-state index >= 15 is 0 Å². The molecule has 24 heavy (non-hydrogen) atoms. The number of hydrogen-bond acceptors (Lipinski definition) is 4. The molecule has 1 amide bonds. The highest BCUT2D eigenvalue weighted by Crippen LogP contribution is 2.39. The number of benzene rings is 1. The van der Waals surface area contributed by atoms with Gasteiger partial charge in [-0.05, 0) is 55.4 Å². The van der Waals surface area contributed by atoms with Crippen LogP contribution in [0.1, 0.15) is 25.7 Å². The summed E-state index contributed by atoms with van der Waals surface area (Å²) in [6, 6.07) is 6.82. The molecular weight excluding hydrogens is 326 g/mol. The Morgan fingerprint density at radius 2 is 1.83 bits per heavy atom. The second kappa shape index (κ2) is 5.82. The number of carbonyl (C=O) groups excluding carboxylic acids is 1. The molecule has 3 unspecified atom stereocenters. The van der Waals surface area contributed by atoms with Crippen LogP contribution >= 0.6 is 0 Å². The van der Waals surface area contributed by atoms with Gasteiger partial charge >= 0.3 is 0 Å². The summed E-state index contributed by atoms with van der Waals surface area (Å²) in [6.45, 7) is 1.81. The summed E-state index contributed by atoms with van der Waals surface area (Å²) in [4.78, 5) is 13.8. The molecule has 0 bridgehead atoms. The van der Waals surface area contributed by atoms with Crippen LogP contribution in [0.5, 0.6) is 0 Å². The Kier molecular flexibility index (Phi) is 3.89. The van der Waals surface area contributed by atoms with Gasteiger partial charge in [-0.2, -0.15) is 4.31 Å². The second-order valence-electron chi connectivity index (χ2n) is 7.13. The number of sulfonamides is 1. The van der Waals surface area contributed by atoms with Gasteiger partial charge in [-0.3, -0.25) is 4.79 Å². The number of rotatable bonds is 3. The van der Waals surface area contributed by atoms with E-state index in [1.807, 2.05) is 0 Å². The molecule has 0 aromatic heterocycles. The molecule has 2 N–H and O–H groups in total. The molecule has 2 heterocycles. The molecule has 1 aromatic carbocycles. The van der Waals surface area contributed by atoms with Gasteiger partial charge in [0.2, 0.25) is 15.9 Å². The maximum absolute atomic E-state index is 12.9. The monoisotopic (exact) mass is 349 g/mol. The predicted molar refractivity (Wildman–Crippen MR) is 91.0 cm³/mol. The summed E-state index contributed by atoms with van der Waals surface area (Å²) in [5.41, 5.74) is 6.88. The fourth-order valence-electron chi connectivity index (χ4n) is 4.33. The van der Waals surface area contributed by atoms with Gasteiger partial charge in [0.1, 0.15) is 0 Å². The number of hydrogen-bond donors (Lipinski definition) is 1. The quantitative estimate of drug-likeness (QED) is 0.888. The first-order chi connectivity index (χ1) is 11.5. The Morgan fingerprint density at radius 1 is 1.08 bits per heavy atom. The summed E-state index contributed by atoms with van der Waals surface area (Å²) >= 11 is 0. The number of fused-ring (bicyclic) bond motifs is 1. The third kappa shape index (κ3) is 2.55. The third-order valence-electron chi connectivity index (χ3n) is 5.74. The molecule has 2 saturated heterocycles. The maximum atomic E-state index is 12.9.